The third-order valence-corrected chi connectivity index (χ3v) is 3.56. The Kier molecular flexibility index (Phi) is 5.76. The van der Waals surface area contributed by atoms with E-state index in [1.807, 2.05) is 25.2 Å². The Hall–Kier alpha value is -1.87. The zero-order valence-corrected chi connectivity index (χ0v) is 12.6. The third-order valence-electron chi connectivity index (χ3n) is 3.56. The molecule has 0 aliphatic carbocycles. The van der Waals surface area contributed by atoms with Gasteiger partial charge >= 0.3 is 0 Å². The van der Waals surface area contributed by atoms with Gasteiger partial charge in [-0.25, -0.2) is 4.39 Å². The molecule has 0 saturated heterocycles. The first-order valence-electron chi connectivity index (χ1n) is 7.23. The monoisotopic (exact) mass is 287 g/mol. The summed E-state index contributed by atoms with van der Waals surface area (Å²) < 4.78 is 18.6. The van der Waals surface area contributed by atoms with E-state index in [-0.39, 0.29) is 5.82 Å². The van der Waals surface area contributed by atoms with Crippen LogP contribution in [0.3, 0.4) is 0 Å². The summed E-state index contributed by atoms with van der Waals surface area (Å²) >= 11 is 0. The van der Waals surface area contributed by atoms with Gasteiger partial charge in [0.05, 0.1) is 7.11 Å². The molecule has 1 unspecified atom stereocenters. The summed E-state index contributed by atoms with van der Waals surface area (Å²) in [5.41, 5.74) is 2.28. The van der Waals surface area contributed by atoms with Gasteiger partial charge in [-0.2, -0.15) is 0 Å². The Morgan fingerprint density at radius 3 is 2.33 bits per heavy atom. The number of hydrogen-bond donors (Lipinski definition) is 1. The van der Waals surface area contributed by atoms with Gasteiger partial charge in [0.15, 0.2) is 0 Å². The van der Waals surface area contributed by atoms with Crippen LogP contribution >= 0.6 is 0 Å². The number of halogens is 1. The standard InChI is InChI=1S/C18H22FNO/c1-20-13-16(9-14-5-3-7-17(19)11-14)10-15-6-4-8-18(12-15)21-2/h3-8,11-12,16,20H,9-10,13H2,1-2H3. The number of nitrogens with one attached hydrogen (secondary N) is 1. The summed E-state index contributed by atoms with van der Waals surface area (Å²) in [6, 6.07) is 15.0. The van der Waals surface area contributed by atoms with Crippen molar-refractivity contribution in [2.24, 2.45) is 5.92 Å². The maximum absolute atomic E-state index is 13.3. The van der Waals surface area contributed by atoms with Gasteiger partial charge in [0.25, 0.3) is 0 Å². The van der Waals surface area contributed by atoms with Crippen LogP contribution < -0.4 is 10.1 Å². The lowest BCUT2D eigenvalue weighted by Gasteiger charge is -2.17. The van der Waals surface area contributed by atoms with Crippen LogP contribution in [0.1, 0.15) is 11.1 Å². The van der Waals surface area contributed by atoms with Gasteiger partial charge in [0.2, 0.25) is 0 Å². The molecule has 0 radical (unpaired) electrons. The van der Waals surface area contributed by atoms with Crippen molar-refractivity contribution in [2.75, 3.05) is 20.7 Å². The highest BCUT2D eigenvalue weighted by Crippen LogP contribution is 2.19. The first kappa shape index (κ1) is 15.5. The minimum Gasteiger partial charge on any atom is -0.497 e. The Balaban J connectivity index is 2.07. The summed E-state index contributed by atoms with van der Waals surface area (Å²) in [6.07, 6.45) is 1.80. The predicted molar refractivity (Wildman–Crippen MR) is 84.2 cm³/mol. The van der Waals surface area contributed by atoms with Crippen LogP contribution in [0.4, 0.5) is 4.39 Å². The van der Waals surface area contributed by atoms with Crippen molar-refractivity contribution >= 4 is 0 Å². The number of ether oxygens (including phenoxy) is 1. The molecule has 1 N–H and O–H groups in total. The van der Waals surface area contributed by atoms with Crippen LogP contribution in [0.2, 0.25) is 0 Å². The lowest BCUT2D eigenvalue weighted by molar-refractivity contribution is 0.413. The van der Waals surface area contributed by atoms with E-state index in [9.17, 15) is 4.39 Å². The van der Waals surface area contributed by atoms with Crippen molar-refractivity contribution in [3.8, 4) is 5.75 Å². The summed E-state index contributed by atoms with van der Waals surface area (Å²) in [5.74, 6) is 1.13. The highest BCUT2D eigenvalue weighted by molar-refractivity contribution is 5.29. The SMILES string of the molecule is CNCC(Cc1cccc(F)c1)Cc1cccc(OC)c1. The van der Waals surface area contributed by atoms with Gasteiger partial charge in [0, 0.05) is 0 Å². The van der Waals surface area contributed by atoms with Gasteiger partial charge in [-0.3, -0.25) is 0 Å². The largest absolute Gasteiger partial charge is 0.497 e. The van der Waals surface area contributed by atoms with Gasteiger partial charge < -0.3 is 10.1 Å². The van der Waals surface area contributed by atoms with Crippen LogP contribution in [-0.2, 0) is 12.8 Å². The smallest absolute Gasteiger partial charge is 0.123 e. The lowest BCUT2D eigenvalue weighted by Crippen LogP contribution is -2.22. The molecular formula is C18H22FNO. The average molecular weight is 287 g/mol. The van der Waals surface area contributed by atoms with E-state index in [1.165, 1.54) is 11.6 Å². The maximum Gasteiger partial charge on any atom is 0.123 e. The van der Waals surface area contributed by atoms with Crippen molar-refractivity contribution in [1.82, 2.24) is 5.32 Å². The van der Waals surface area contributed by atoms with Crippen molar-refractivity contribution in [2.45, 2.75) is 12.8 Å². The molecule has 2 nitrogen and oxygen atoms in total. The highest BCUT2D eigenvalue weighted by Gasteiger charge is 2.11. The van der Waals surface area contributed by atoms with E-state index < -0.39 is 0 Å². The summed E-state index contributed by atoms with van der Waals surface area (Å²) in [4.78, 5) is 0. The first-order chi connectivity index (χ1) is 10.2. The molecular weight excluding hydrogens is 265 g/mol. The van der Waals surface area contributed by atoms with Gasteiger partial charge in [-0.15, -0.1) is 0 Å². The topological polar surface area (TPSA) is 21.3 Å². The summed E-state index contributed by atoms with van der Waals surface area (Å²) in [6.45, 7) is 0.897. The molecule has 0 aliphatic heterocycles. The molecule has 2 aromatic carbocycles. The average Bonchev–Trinajstić information content (AvgIpc) is 2.48. The lowest BCUT2D eigenvalue weighted by atomic mass is 9.92. The van der Waals surface area contributed by atoms with Crippen LogP contribution in [-0.4, -0.2) is 20.7 Å². The highest BCUT2D eigenvalue weighted by atomic mass is 19.1. The molecule has 0 bridgehead atoms. The molecule has 112 valence electrons. The Labute approximate surface area is 126 Å². The quantitative estimate of drug-likeness (QED) is 0.842. The Bertz CT molecular complexity index is 571. The second-order valence-electron chi connectivity index (χ2n) is 5.31. The van der Waals surface area contributed by atoms with E-state index >= 15 is 0 Å². The zero-order chi connectivity index (χ0) is 15.1. The maximum atomic E-state index is 13.3. The molecule has 0 amide bonds. The molecule has 2 aromatic rings. The first-order valence-corrected chi connectivity index (χ1v) is 7.23. The Morgan fingerprint density at radius 1 is 1.05 bits per heavy atom. The number of benzene rings is 2. The van der Waals surface area contributed by atoms with Crippen molar-refractivity contribution in [1.29, 1.82) is 0 Å². The molecule has 0 heterocycles. The fourth-order valence-electron chi connectivity index (χ4n) is 2.64. The van der Waals surface area contributed by atoms with E-state index in [4.69, 9.17) is 4.74 Å². The van der Waals surface area contributed by atoms with Crippen LogP contribution in [0.25, 0.3) is 0 Å². The molecule has 0 aliphatic rings. The van der Waals surface area contributed by atoms with Crippen LogP contribution in [0.5, 0.6) is 5.75 Å². The van der Waals surface area contributed by atoms with Crippen LogP contribution in [0.15, 0.2) is 48.5 Å². The zero-order valence-electron chi connectivity index (χ0n) is 12.6. The van der Waals surface area contributed by atoms with E-state index in [0.717, 1.165) is 30.7 Å². The minimum absolute atomic E-state index is 0.169. The number of methoxy groups -OCH3 is 1. The summed E-state index contributed by atoms with van der Waals surface area (Å²) in [5, 5.41) is 3.23. The Morgan fingerprint density at radius 2 is 1.71 bits per heavy atom. The fourth-order valence-corrected chi connectivity index (χ4v) is 2.64. The van der Waals surface area contributed by atoms with Crippen molar-refractivity contribution in [3.05, 3.63) is 65.5 Å². The predicted octanol–water partition coefficient (Wildman–Crippen LogP) is 3.46. The van der Waals surface area contributed by atoms with Gasteiger partial charge in [-0.05, 0) is 67.7 Å². The van der Waals surface area contributed by atoms with Gasteiger partial charge in [-0.1, -0.05) is 24.3 Å². The normalized spacial score (nSPS) is 12.1. The van der Waals surface area contributed by atoms with E-state index in [1.54, 1.807) is 19.2 Å². The van der Waals surface area contributed by atoms with Gasteiger partial charge in [0.1, 0.15) is 11.6 Å². The second kappa shape index (κ2) is 7.79. The molecule has 0 spiro atoms. The summed E-state index contributed by atoms with van der Waals surface area (Å²) in [7, 11) is 3.63. The molecule has 0 saturated carbocycles. The second-order valence-corrected chi connectivity index (χ2v) is 5.31. The minimum atomic E-state index is -0.169. The van der Waals surface area contributed by atoms with Crippen molar-refractivity contribution in [3.63, 3.8) is 0 Å². The van der Waals surface area contributed by atoms with Crippen molar-refractivity contribution < 1.29 is 9.13 Å². The molecule has 0 fully saturated rings. The van der Waals surface area contributed by atoms with E-state index in [2.05, 4.69) is 17.4 Å². The molecule has 3 heteroatoms. The molecule has 2 rings (SSSR count). The molecule has 1 atom stereocenters. The number of rotatable bonds is 7. The van der Waals surface area contributed by atoms with Crippen LogP contribution in [0, 0.1) is 11.7 Å². The van der Waals surface area contributed by atoms with E-state index in [0.29, 0.717) is 5.92 Å². The third kappa shape index (κ3) is 4.87. The molecule has 21 heavy (non-hydrogen) atoms. The molecule has 0 aromatic heterocycles. The number of hydrogen-bond acceptors (Lipinski definition) is 2. The fraction of sp³-hybridized carbons (Fsp3) is 0.333.